The van der Waals surface area contributed by atoms with Crippen LogP contribution in [-0.4, -0.2) is 59.1 Å². The molecule has 2 aromatic heterocycles. The summed E-state index contributed by atoms with van der Waals surface area (Å²) in [6, 6.07) is 8.33. The van der Waals surface area contributed by atoms with Crippen LogP contribution in [0.1, 0.15) is 56.8 Å². The molecule has 4 rings (SSSR count). The summed E-state index contributed by atoms with van der Waals surface area (Å²) in [5.41, 5.74) is 1.25. The molecule has 7 nitrogen and oxygen atoms in total. The molecule has 3 heterocycles. The Morgan fingerprint density at radius 3 is 2.33 bits per heavy atom. The van der Waals surface area contributed by atoms with Crippen LogP contribution in [-0.2, 0) is 4.74 Å². The lowest BCUT2D eigenvalue weighted by molar-refractivity contribution is 0.0240. The number of anilines is 1. The van der Waals surface area contributed by atoms with Gasteiger partial charge < -0.3 is 24.3 Å². The monoisotopic (exact) mass is 412 g/mol. The molecular formula is C23H32N4O3. The number of nitrogens with zero attached hydrogens (tertiary/aromatic N) is 3. The second-order valence-corrected chi connectivity index (χ2v) is 9.31. The molecule has 30 heavy (non-hydrogen) atoms. The van der Waals surface area contributed by atoms with Crippen molar-refractivity contribution in [1.82, 2.24) is 14.6 Å². The third-order valence-corrected chi connectivity index (χ3v) is 5.84. The predicted octanol–water partition coefficient (Wildman–Crippen LogP) is 3.67. The van der Waals surface area contributed by atoms with Gasteiger partial charge in [-0.1, -0.05) is 12.8 Å². The number of hydrogen-bond donors (Lipinski definition) is 1. The van der Waals surface area contributed by atoms with Crippen LogP contribution in [0.5, 0.6) is 0 Å². The Morgan fingerprint density at radius 2 is 1.67 bits per heavy atom. The summed E-state index contributed by atoms with van der Waals surface area (Å²) < 4.78 is 7.56. The minimum absolute atomic E-state index is 0.00167. The van der Waals surface area contributed by atoms with E-state index in [0.29, 0.717) is 24.7 Å². The zero-order valence-corrected chi connectivity index (χ0v) is 18.2. The smallest absolute Gasteiger partial charge is 0.410 e. The molecule has 0 spiro atoms. The Kier molecular flexibility index (Phi) is 5.62. The number of amides is 2. The molecule has 0 radical (unpaired) electrons. The lowest BCUT2D eigenvalue weighted by Crippen LogP contribution is -2.50. The largest absolute Gasteiger partial charge is 0.444 e. The lowest BCUT2D eigenvalue weighted by Gasteiger charge is -2.36. The fourth-order valence-corrected chi connectivity index (χ4v) is 4.26. The minimum atomic E-state index is -0.485. The quantitative estimate of drug-likeness (QED) is 0.835. The maximum absolute atomic E-state index is 12.7. The second kappa shape index (κ2) is 8.20. The first kappa shape index (κ1) is 20.6. The van der Waals surface area contributed by atoms with Crippen LogP contribution in [0.15, 0.2) is 30.5 Å². The Labute approximate surface area is 178 Å². The molecule has 1 saturated carbocycles. The predicted molar refractivity (Wildman–Crippen MR) is 117 cm³/mol. The molecule has 0 atom stereocenters. The highest BCUT2D eigenvalue weighted by Gasteiger charge is 2.27. The van der Waals surface area contributed by atoms with E-state index in [1.54, 1.807) is 4.90 Å². The van der Waals surface area contributed by atoms with Crippen LogP contribution in [0.2, 0.25) is 0 Å². The first-order chi connectivity index (χ1) is 14.3. The fourth-order valence-electron chi connectivity index (χ4n) is 4.26. The maximum atomic E-state index is 12.7. The summed E-state index contributed by atoms with van der Waals surface area (Å²) in [6.45, 7) is 8.33. The molecule has 1 aliphatic heterocycles. The van der Waals surface area contributed by atoms with Gasteiger partial charge in [0.15, 0.2) is 0 Å². The van der Waals surface area contributed by atoms with Gasteiger partial charge in [-0.3, -0.25) is 4.79 Å². The standard InChI is InChI=1S/C23H32N4O3/c1-23(2,3)30-22(29)26-14-12-25(13-15-26)20-11-10-19-9-8-17(16-27(19)20)21(28)24-18-6-4-5-7-18/h8-11,16,18H,4-7,12-15H2,1-3H3,(H,24,28). The van der Waals surface area contributed by atoms with Gasteiger partial charge in [-0.2, -0.15) is 0 Å². The van der Waals surface area contributed by atoms with Gasteiger partial charge in [0.1, 0.15) is 11.4 Å². The van der Waals surface area contributed by atoms with Crippen molar-refractivity contribution in [3.05, 3.63) is 36.0 Å². The number of carbonyl (C=O) groups excluding carboxylic acids is 2. The Bertz CT molecular complexity index is 916. The second-order valence-electron chi connectivity index (χ2n) is 9.31. The van der Waals surface area contributed by atoms with Crippen molar-refractivity contribution in [3.63, 3.8) is 0 Å². The van der Waals surface area contributed by atoms with E-state index in [2.05, 4.69) is 26.8 Å². The number of aromatic nitrogens is 1. The van der Waals surface area contributed by atoms with Gasteiger partial charge in [-0.25, -0.2) is 4.79 Å². The first-order valence-corrected chi connectivity index (χ1v) is 10.9. The number of carbonyl (C=O) groups is 2. The summed E-state index contributed by atoms with van der Waals surface area (Å²) in [6.07, 6.45) is 6.21. The number of fused-ring (bicyclic) bond motifs is 1. The van der Waals surface area contributed by atoms with Crippen LogP contribution < -0.4 is 10.2 Å². The molecular weight excluding hydrogens is 380 g/mol. The van der Waals surface area contributed by atoms with Gasteiger partial charge in [0, 0.05) is 43.9 Å². The van der Waals surface area contributed by atoms with E-state index >= 15 is 0 Å². The van der Waals surface area contributed by atoms with E-state index in [1.807, 2.05) is 39.1 Å². The van der Waals surface area contributed by atoms with Gasteiger partial charge in [0.05, 0.1) is 5.56 Å². The summed E-state index contributed by atoms with van der Waals surface area (Å²) in [5, 5.41) is 3.16. The number of piperazine rings is 1. The zero-order chi connectivity index (χ0) is 21.3. The summed E-state index contributed by atoms with van der Waals surface area (Å²) in [4.78, 5) is 29.0. The maximum Gasteiger partial charge on any atom is 0.410 e. The molecule has 1 saturated heterocycles. The fraction of sp³-hybridized carbons (Fsp3) is 0.565. The van der Waals surface area contributed by atoms with Crippen LogP contribution in [0.3, 0.4) is 0 Å². The van der Waals surface area contributed by atoms with Gasteiger partial charge in [0.25, 0.3) is 5.91 Å². The molecule has 2 aromatic rings. The average Bonchev–Trinajstić information content (AvgIpc) is 3.36. The SMILES string of the molecule is CC(C)(C)OC(=O)N1CCN(c2ccc3ccc(C(=O)NC4CCCC4)cn23)CC1. The van der Waals surface area contributed by atoms with Gasteiger partial charge in [-0.15, -0.1) is 0 Å². The molecule has 0 unspecified atom stereocenters. The molecule has 1 aliphatic carbocycles. The topological polar surface area (TPSA) is 66.3 Å². The highest BCUT2D eigenvalue weighted by Crippen LogP contribution is 2.23. The number of pyridine rings is 1. The van der Waals surface area contributed by atoms with Crippen molar-refractivity contribution in [2.75, 3.05) is 31.1 Å². The van der Waals surface area contributed by atoms with Gasteiger partial charge in [-0.05, 0) is 57.9 Å². The molecule has 2 fully saturated rings. The Balaban J connectivity index is 1.44. The van der Waals surface area contributed by atoms with E-state index in [-0.39, 0.29) is 12.0 Å². The third-order valence-electron chi connectivity index (χ3n) is 5.84. The van der Waals surface area contributed by atoms with E-state index < -0.39 is 5.60 Å². The third kappa shape index (κ3) is 4.55. The number of rotatable bonds is 3. The van der Waals surface area contributed by atoms with E-state index in [0.717, 1.165) is 37.3 Å². The van der Waals surface area contributed by atoms with Crippen molar-refractivity contribution >= 4 is 23.3 Å². The molecule has 2 aliphatic rings. The Morgan fingerprint density at radius 1 is 1.00 bits per heavy atom. The van der Waals surface area contributed by atoms with Crippen LogP contribution in [0, 0.1) is 0 Å². The molecule has 0 aromatic carbocycles. The van der Waals surface area contributed by atoms with E-state index in [1.165, 1.54) is 12.8 Å². The highest BCUT2D eigenvalue weighted by atomic mass is 16.6. The van der Waals surface area contributed by atoms with Crippen molar-refractivity contribution in [3.8, 4) is 0 Å². The van der Waals surface area contributed by atoms with Crippen molar-refractivity contribution in [2.45, 2.75) is 58.1 Å². The van der Waals surface area contributed by atoms with Gasteiger partial charge in [0.2, 0.25) is 0 Å². The molecule has 1 N–H and O–H groups in total. The van der Waals surface area contributed by atoms with Gasteiger partial charge >= 0.3 is 6.09 Å². The zero-order valence-electron chi connectivity index (χ0n) is 18.2. The molecule has 0 bridgehead atoms. The highest BCUT2D eigenvalue weighted by molar-refractivity contribution is 5.94. The summed E-state index contributed by atoms with van der Waals surface area (Å²) >= 11 is 0. The minimum Gasteiger partial charge on any atom is -0.444 e. The summed E-state index contributed by atoms with van der Waals surface area (Å²) in [5.74, 6) is 1.04. The normalized spacial score (nSPS) is 18.1. The number of ether oxygens (including phenoxy) is 1. The van der Waals surface area contributed by atoms with Crippen molar-refractivity contribution in [2.24, 2.45) is 0 Å². The number of hydrogen-bond acceptors (Lipinski definition) is 4. The molecule has 7 heteroatoms. The van der Waals surface area contributed by atoms with Crippen molar-refractivity contribution < 1.29 is 14.3 Å². The first-order valence-electron chi connectivity index (χ1n) is 10.9. The average molecular weight is 413 g/mol. The molecule has 162 valence electrons. The van der Waals surface area contributed by atoms with Crippen LogP contribution in [0.4, 0.5) is 10.6 Å². The van der Waals surface area contributed by atoms with Crippen molar-refractivity contribution in [1.29, 1.82) is 0 Å². The summed E-state index contributed by atoms with van der Waals surface area (Å²) in [7, 11) is 0. The lowest BCUT2D eigenvalue weighted by atomic mass is 10.2. The van der Waals surface area contributed by atoms with Crippen LogP contribution >= 0.6 is 0 Å². The number of nitrogens with one attached hydrogen (secondary N) is 1. The van der Waals surface area contributed by atoms with E-state index in [9.17, 15) is 9.59 Å². The molecule has 2 amide bonds. The van der Waals surface area contributed by atoms with Crippen LogP contribution in [0.25, 0.3) is 5.52 Å². The Hall–Kier alpha value is -2.70. The van der Waals surface area contributed by atoms with E-state index in [4.69, 9.17) is 4.74 Å².